The predicted molar refractivity (Wildman–Crippen MR) is 76.8 cm³/mol. The molecule has 6 heteroatoms. The number of anilines is 1. The van der Waals surface area contributed by atoms with Gasteiger partial charge in [-0.1, -0.05) is 0 Å². The lowest BCUT2D eigenvalue weighted by molar-refractivity contribution is -0.384. The number of nitro groups is 1. The van der Waals surface area contributed by atoms with Crippen molar-refractivity contribution in [3.8, 4) is 0 Å². The number of likely N-dealkylation sites (tertiary alicyclic amines) is 1. The summed E-state index contributed by atoms with van der Waals surface area (Å²) in [5, 5.41) is 14.5. The second kappa shape index (κ2) is 5.01. The SMILES string of the molecule is Cc1ccnc(N[C@@H]2C[C@@H](C)N(C3CC3)C2)c1[N+](=O)[O-]. The van der Waals surface area contributed by atoms with E-state index in [1.54, 1.807) is 19.2 Å². The topological polar surface area (TPSA) is 71.3 Å². The third kappa shape index (κ3) is 2.47. The van der Waals surface area contributed by atoms with Crippen molar-refractivity contribution in [2.75, 3.05) is 11.9 Å². The molecule has 0 amide bonds. The Bertz CT molecular complexity index is 530. The fourth-order valence-corrected chi connectivity index (χ4v) is 3.16. The van der Waals surface area contributed by atoms with Gasteiger partial charge >= 0.3 is 5.69 Å². The normalized spacial score (nSPS) is 26.7. The van der Waals surface area contributed by atoms with Crippen LogP contribution in [0.25, 0.3) is 0 Å². The molecule has 1 saturated heterocycles. The van der Waals surface area contributed by atoms with Gasteiger partial charge in [-0.25, -0.2) is 4.98 Å². The van der Waals surface area contributed by atoms with Crippen LogP contribution in [0, 0.1) is 17.0 Å². The Balaban J connectivity index is 1.75. The number of nitrogens with zero attached hydrogens (tertiary/aromatic N) is 3. The Kier molecular flexibility index (Phi) is 3.33. The van der Waals surface area contributed by atoms with Gasteiger partial charge in [-0.3, -0.25) is 15.0 Å². The smallest absolute Gasteiger partial charge is 0.314 e. The molecule has 1 N–H and O–H groups in total. The first kappa shape index (κ1) is 13.3. The van der Waals surface area contributed by atoms with Crippen LogP contribution in [0.5, 0.6) is 0 Å². The highest BCUT2D eigenvalue weighted by Crippen LogP contribution is 2.35. The highest BCUT2D eigenvalue weighted by molar-refractivity contribution is 5.60. The van der Waals surface area contributed by atoms with Gasteiger partial charge < -0.3 is 5.32 Å². The van der Waals surface area contributed by atoms with Crippen molar-refractivity contribution < 1.29 is 4.92 Å². The van der Waals surface area contributed by atoms with Crippen molar-refractivity contribution in [1.82, 2.24) is 9.88 Å². The quantitative estimate of drug-likeness (QED) is 0.675. The minimum atomic E-state index is -0.346. The molecule has 0 bridgehead atoms. The second-order valence-electron chi connectivity index (χ2n) is 5.94. The molecule has 1 saturated carbocycles. The molecule has 20 heavy (non-hydrogen) atoms. The van der Waals surface area contributed by atoms with Crippen LogP contribution in [0.4, 0.5) is 11.5 Å². The van der Waals surface area contributed by atoms with Crippen LogP contribution in [-0.2, 0) is 0 Å². The summed E-state index contributed by atoms with van der Waals surface area (Å²) in [6.45, 7) is 4.94. The van der Waals surface area contributed by atoms with Crippen LogP contribution >= 0.6 is 0 Å². The monoisotopic (exact) mass is 276 g/mol. The Morgan fingerprint density at radius 2 is 2.25 bits per heavy atom. The first-order valence-electron chi connectivity index (χ1n) is 7.18. The van der Waals surface area contributed by atoms with Gasteiger partial charge in [0.25, 0.3) is 0 Å². The second-order valence-corrected chi connectivity index (χ2v) is 5.94. The molecule has 2 heterocycles. The molecule has 1 aromatic heterocycles. The van der Waals surface area contributed by atoms with E-state index in [0.717, 1.165) is 19.0 Å². The molecule has 0 radical (unpaired) electrons. The molecule has 1 aliphatic carbocycles. The number of aryl methyl sites for hydroxylation is 1. The zero-order valence-electron chi connectivity index (χ0n) is 11.9. The molecule has 1 aromatic rings. The summed E-state index contributed by atoms with van der Waals surface area (Å²) in [7, 11) is 0. The van der Waals surface area contributed by atoms with Crippen LogP contribution in [0.1, 0.15) is 31.7 Å². The van der Waals surface area contributed by atoms with Crippen molar-refractivity contribution in [1.29, 1.82) is 0 Å². The first-order valence-corrected chi connectivity index (χ1v) is 7.18. The van der Waals surface area contributed by atoms with E-state index < -0.39 is 0 Å². The summed E-state index contributed by atoms with van der Waals surface area (Å²) in [6, 6.07) is 3.21. The molecular weight excluding hydrogens is 256 g/mol. The van der Waals surface area contributed by atoms with Crippen molar-refractivity contribution in [3.05, 3.63) is 27.9 Å². The van der Waals surface area contributed by atoms with Gasteiger partial charge in [-0.15, -0.1) is 0 Å². The highest BCUT2D eigenvalue weighted by atomic mass is 16.6. The summed E-state index contributed by atoms with van der Waals surface area (Å²) >= 11 is 0. The van der Waals surface area contributed by atoms with Gasteiger partial charge in [0, 0.05) is 36.4 Å². The van der Waals surface area contributed by atoms with Gasteiger partial charge in [0.05, 0.1) is 4.92 Å². The zero-order valence-corrected chi connectivity index (χ0v) is 11.9. The third-order valence-electron chi connectivity index (χ3n) is 4.29. The van der Waals surface area contributed by atoms with Gasteiger partial charge in [0.1, 0.15) is 0 Å². The largest absolute Gasteiger partial charge is 0.360 e. The maximum atomic E-state index is 11.2. The molecule has 1 aliphatic heterocycles. The number of nitrogens with one attached hydrogen (secondary N) is 1. The van der Waals surface area contributed by atoms with Crippen molar-refractivity contribution in [2.45, 2.75) is 51.2 Å². The Morgan fingerprint density at radius 1 is 1.50 bits per heavy atom. The lowest BCUT2D eigenvalue weighted by Gasteiger charge is -2.19. The average Bonchev–Trinajstić information content (AvgIpc) is 3.14. The lowest BCUT2D eigenvalue weighted by atomic mass is 10.2. The van der Waals surface area contributed by atoms with Gasteiger partial charge in [0.15, 0.2) is 0 Å². The van der Waals surface area contributed by atoms with E-state index in [-0.39, 0.29) is 16.7 Å². The third-order valence-corrected chi connectivity index (χ3v) is 4.29. The Morgan fingerprint density at radius 3 is 2.90 bits per heavy atom. The molecule has 2 aliphatic rings. The fourth-order valence-electron chi connectivity index (χ4n) is 3.16. The summed E-state index contributed by atoms with van der Waals surface area (Å²) in [4.78, 5) is 17.5. The molecule has 0 unspecified atom stereocenters. The molecule has 6 nitrogen and oxygen atoms in total. The number of hydrogen-bond acceptors (Lipinski definition) is 5. The Labute approximate surface area is 118 Å². The number of pyridine rings is 1. The molecule has 0 spiro atoms. The summed E-state index contributed by atoms with van der Waals surface area (Å²) in [5.74, 6) is 0.407. The van der Waals surface area contributed by atoms with E-state index >= 15 is 0 Å². The van der Waals surface area contributed by atoms with Crippen molar-refractivity contribution in [3.63, 3.8) is 0 Å². The molecule has 3 rings (SSSR count). The Hall–Kier alpha value is -1.69. The van der Waals surface area contributed by atoms with Gasteiger partial charge in [-0.05, 0) is 39.2 Å². The summed E-state index contributed by atoms with van der Waals surface area (Å²) in [6.07, 6.45) is 5.23. The van der Waals surface area contributed by atoms with E-state index in [4.69, 9.17) is 0 Å². The van der Waals surface area contributed by atoms with E-state index in [9.17, 15) is 10.1 Å². The van der Waals surface area contributed by atoms with Crippen LogP contribution < -0.4 is 5.32 Å². The summed E-state index contributed by atoms with van der Waals surface area (Å²) in [5.41, 5.74) is 0.752. The minimum absolute atomic E-state index is 0.102. The van der Waals surface area contributed by atoms with E-state index in [0.29, 0.717) is 17.4 Å². The van der Waals surface area contributed by atoms with Gasteiger partial charge in [-0.2, -0.15) is 0 Å². The van der Waals surface area contributed by atoms with Crippen molar-refractivity contribution in [2.24, 2.45) is 0 Å². The van der Waals surface area contributed by atoms with Crippen molar-refractivity contribution >= 4 is 11.5 Å². The van der Waals surface area contributed by atoms with Crippen LogP contribution in [0.3, 0.4) is 0 Å². The van der Waals surface area contributed by atoms with E-state index in [1.165, 1.54) is 12.8 Å². The zero-order chi connectivity index (χ0) is 14.3. The standard InChI is InChI=1S/C14H20N4O2/c1-9-5-6-15-14(13(9)18(19)20)16-11-7-10(2)17(8-11)12-3-4-12/h5-6,10-12H,3-4,7-8H2,1-2H3,(H,15,16)/t10-,11-/m1/s1. The van der Waals surface area contributed by atoms with Crippen LogP contribution in [-0.4, -0.2) is 39.5 Å². The summed E-state index contributed by atoms with van der Waals surface area (Å²) < 4.78 is 0. The maximum absolute atomic E-state index is 11.2. The highest BCUT2D eigenvalue weighted by Gasteiger charge is 2.39. The van der Waals surface area contributed by atoms with Crippen LogP contribution in [0.15, 0.2) is 12.3 Å². The molecule has 2 atom stereocenters. The van der Waals surface area contributed by atoms with Gasteiger partial charge in [0.2, 0.25) is 5.82 Å². The number of rotatable bonds is 4. The maximum Gasteiger partial charge on any atom is 0.314 e. The number of hydrogen-bond donors (Lipinski definition) is 1. The lowest BCUT2D eigenvalue weighted by Crippen LogP contribution is -2.31. The van der Waals surface area contributed by atoms with E-state index in [2.05, 4.69) is 22.1 Å². The number of aromatic nitrogens is 1. The average molecular weight is 276 g/mol. The molecule has 2 fully saturated rings. The fraction of sp³-hybridized carbons (Fsp3) is 0.643. The van der Waals surface area contributed by atoms with E-state index in [1.807, 2.05) is 0 Å². The molecule has 108 valence electrons. The van der Waals surface area contributed by atoms with Crippen LogP contribution in [0.2, 0.25) is 0 Å². The molecular formula is C14H20N4O2. The predicted octanol–water partition coefficient (Wildman–Crippen LogP) is 2.34. The molecule has 0 aromatic carbocycles. The minimum Gasteiger partial charge on any atom is -0.360 e. The first-order chi connectivity index (χ1) is 9.56.